The Bertz CT molecular complexity index is 355. The topological polar surface area (TPSA) is 34.4 Å². The van der Waals surface area contributed by atoms with E-state index in [1.165, 1.54) is 5.56 Å². The van der Waals surface area contributed by atoms with Crippen LogP contribution < -0.4 is 5.32 Å². The molecule has 0 aliphatic heterocycles. The third kappa shape index (κ3) is 4.17. The van der Waals surface area contributed by atoms with Crippen LogP contribution in [0.25, 0.3) is 0 Å². The minimum atomic E-state index is -0.0614. The summed E-state index contributed by atoms with van der Waals surface area (Å²) in [6.07, 6.45) is 0.990. The summed E-state index contributed by atoms with van der Waals surface area (Å²) in [7, 11) is 1.76. The molecule has 1 unspecified atom stereocenters. The molecular weight excluding hydrogens is 214 g/mol. The van der Waals surface area contributed by atoms with Gasteiger partial charge in [-0.3, -0.25) is 0 Å². The highest BCUT2D eigenvalue weighted by Crippen LogP contribution is 2.21. The monoisotopic (exact) mass is 239 g/mol. The molecule has 0 saturated heterocycles. The second-order valence-electron chi connectivity index (χ2n) is 5.26. The van der Waals surface area contributed by atoms with Crippen LogP contribution in [0.3, 0.4) is 0 Å². The number of rotatable bonds is 6. The lowest BCUT2D eigenvalue weighted by Gasteiger charge is -2.24. The molecule has 3 nitrogen and oxygen atoms in total. The van der Waals surface area contributed by atoms with Gasteiger partial charge in [-0.1, -0.05) is 0 Å². The molecule has 1 atom stereocenters. The largest absolute Gasteiger partial charge is 0.466 e. The number of methoxy groups -OCH3 is 1. The van der Waals surface area contributed by atoms with Crippen molar-refractivity contribution in [1.82, 2.24) is 5.32 Å². The smallest absolute Gasteiger partial charge is 0.105 e. The summed E-state index contributed by atoms with van der Waals surface area (Å²) >= 11 is 0. The van der Waals surface area contributed by atoms with Crippen molar-refractivity contribution < 1.29 is 9.15 Å². The molecule has 0 amide bonds. The fourth-order valence-electron chi connectivity index (χ4n) is 1.88. The van der Waals surface area contributed by atoms with Crippen LogP contribution in [0.4, 0.5) is 0 Å². The number of ether oxygens (including phenoxy) is 1. The Hall–Kier alpha value is -0.800. The van der Waals surface area contributed by atoms with Crippen LogP contribution in [0.5, 0.6) is 0 Å². The summed E-state index contributed by atoms with van der Waals surface area (Å²) in [6.45, 7) is 11.3. The Morgan fingerprint density at radius 2 is 2.06 bits per heavy atom. The number of aryl methyl sites for hydroxylation is 2. The normalized spacial score (nSPS) is 14.0. The van der Waals surface area contributed by atoms with E-state index < -0.39 is 0 Å². The lowest BCUT2D eigenvalue weighted by atomic mass is 10.0. The summed E-state index contributed by atoms with van der Waals surface area (Å²) in [4.78, 5) is 0. The van der Waals surface area contributed by atoms with Crippen LogP contribution in [0.2, 0.25) is 0 Å². The molecule has 1 aromatic heterocycles. The Balaban J connectivity index is 2.45. The summed E-state index contributed by atoms with van der Waals surface area (Å²) in [5, 5.41) is 3.50. The Labute approximate surface area is 105 Å². The van der Waals surface area contributed by atoms with E-state index in [0.717, 1.165) is 24.5 Å². The average Bonchev–Trinajstić information content (AvgIpc) is 2.57. The molecule has 1 rings (SSSR count). The van der Waals surface area contributed by atoms with Crippen molar-refractivity contribution >= 4 is 0 Å². The molecule has 0 aliphatic carbocycles. The van der Waals surface area contributed by atoms with Crippen LogP contribution in [-0.4, -0.2) is 19.3 Å². The van der Waals surface area contributed by atoms with Crippen molar-refractivity contribution in [2.24, 2.45) is 0 Å². The highest BCUT2D eigenvalue weighted by Gasteiger charge is 2.17. The van der Waals surface area contributed by atoms with E-state index >= 15 is 0 Å². The van der Waals surface area contributed by atoms with Gasteiger partial charge in [0.05, 0.1) is 5.60 Å². The number of nitrogens with one attached hydrogen (secondary N) is 1. The van der Waals surface area contributed by atoms with Gasteiger partial charge in [0.1, 0.15) is 11.5 Å². The van der Waals surface area contributed by atoms with Crippen LogP contribution in [0.1, 0.15) is 50.3 Å². The van der Waals surface area contributed by atoms with Crippen molar-refractivity contribution in [3.63, 3.8) is 0 Å². The second-order valence-corrected chi connectivity index (χ2v) is 5.26. The minimum Gasteiger partial charge on any atom is -0.466 e. The van der Waals surface area contributed by atoms with Gasteiger partial charge in [-0.25, -0.2) is 0 Å². The fraction of sp³-hybridized carbons (Fsp3) is 0.714. The van der Waals surface area contributed by atoms with E-state index in [1.807, 2.05) is 13.8 Å². The zero-order chi connectivity index (χ0) is 13.1. The Morgan fingerprint density at radius 1 is 1.41 bits per heavy atom. The molecule has 98 valence electrons. The molecule has 1 aromatic rings. The van der Waals surface area contributed by atoms with Crippen LogP contribution in [0.15, 0.2) is 10.5 Å². The molecule has 17 heavy (non-hydrogen) atoms. The molecule has 3 heteroatoms. The van der Waals surface area contributed by atoms with Crippen LogP contribution in [0, 0.1) is 13.8 Å². The molecule has 0 aliphatic rings. The maximum atomic E-state index is 5.54. The van der Waals surface area contributed by atoms with Gasteiger partial charge in [-0.2, -0.15) is 0 Å². The van der Waals surface area contributed by atoms with Crippen LogP contribution >= 0.6 is 0 Å². The lowest BCUT2D eigenvalue weighted by Crippen LogP contribution is -2.30. The molecule has 0 saturated carbocycles. The van der Waals surface area contributed by atoms with E-state index in [9.17, 15) is 0 Å². The van der Waals surface area contributed by atoms with E-state index in [2.05, 4.69) is 32.2 Å². The molecule has 0 aromatic carbocycles. The van der Waals surface area contributed by atoms with E-state index in [1.54, 1.807) is 7.11 Å². The summed E-state index contributed by atoms with van der Waals surface area (Å²) < 4.78 is 10.9. The van der Waals surface area contributed by atoms with Crippen molar-refractivity contribution in [2.45, 2.75) is 52.7 Å². The van der Waals surface area contributed by atoms with E-state index in [-0.39, 0.29) is 5.60 Å². The van der Waals surface area contributed by atoms with Gasteiger partial charge in [-0.05, 0) is 53.7 Å². The predicted octanol–water partition coefficient (Wildman–Crippen LogP) is 3.36. The minimum absolute atomic E-state index is 0.0614. The van der Waals surface area contributed by atoms with Gasteiger partial charge in [-0.15, -0.1) is 0 Å². The molecule has 0 radical (unpaired) electrons. The van der Waals surface area contributed by atoms with Gasteiger partial charge in [0.15, 0.2) is 0 Å². The number of furan rings is 1. The number of hydrogen-bond donors (Lipinski definition) is 1. The highest BCUT2D eigenvalue weighted by molar-refractivity contribution is 5.23. The third-order valence-electron chi connectivity index (χ3n) is 3.28. The molecule has 1 N–H and O–H groups in total. The van der Waals surface area contributed by atoms with Gasteiger partial charge < -0.3 is 14.5 Å². The average molecular weight is 239 g/mol. The molecule has 1 heterocycles. The molecule has 0 bridgehead atoms. The number of hydrogen-bond acceptors (Lipinski definition) is 3. The molecule has 0 fully saturated rings. The lowest BCUT2D eigenvalue weighted by molar-refractivity contribution is 0.0154. The van der Waals surface area contributed by atoms with E-state index in [4.69, 9.17) is 9.15 Å². The van der Waals surface area contributed by atoms with Crippen molar-refractivity contribution in [2.75, 3.05) is 13.7 Å². The first kappa shape index (κ1) is 14.3. The van der Waals surface area contributed by atoms with Crippen molar-refractivity contribution in [3.8, 4) is 0 Å². The maximum Gasteiger partial charge on any atom is 0.105 e. The maximum absolute atomic E-state index is 5.54. The zero-order valence-corrected chi connectivity index (χ0v) is 11.9. The van der Waals surface area contributed by atoms with Gasteiger partial charge >= 0.3 is 0 Å². The summed E-state index contributed by atoms with van der Waals surface area (Å²) in [5.74, 6) is 1.98. The SMILES string of the molecule is COC(C)(C)CCNC(C)c1cc(C)oc1C. The van der Waals surface area contributed by atoms with Crippen LogP contribution in [-0.2, 0) is 4.74 Å². The zero-order valence-electron chi connectivity index (χ0n) is 11.9. The molecular formula is C14H25NO2. The Morgan fingerprint density at radius 3 is 2.53 bits per heavy atom. The van der Waals surface area contributed by atoms with Crippen molar-refractivity contribution in [3.05, 3.63) is 23.2 Å². The Kier molecular flexibility index (Phi) is 4.78. The quantitative estimate of drug-likeness (QED) is 0.826. The predicted molar refractivity (Wildman–Crippen MR) is 70.3 cm³/mol. The third-order valence-corrected chi connectivity index (χ3v) is 3.28. The van der Waals surface area contributed by atoms with Crippen molar-refractivity contribution in [1.29, 1.82) is 0 Å². The molecule has 0 spiro atoms. The summed E-state index contributed by atoms with van der Waals surface area (Å²) in [6, 6.07) is 2.43. The first-order valence-electron chi connectivity index (χ1n) is 6.21. The fourth-order valence-corrected chi connectivity index (χ4v) is 1.88. The summed E-state index contributed by atoms with van der Waals surface area (Å²) in [5.41, 5.74) is 1.19. The standard InChI is InChI=1S/C14H25NO2/c1-10-9-13(12(3)17-10)11(2)15-8-7-14(4,5)16-6/h9,11,15H,7-8H2,1-6H3. The van der Waals surface area contributed by atoms with Gasteiger partial charge in [0, 0.05) is 18.7 Å². The van der Waals surface area contributed by atoms with E-state index in [0.29, 0.717) is 6.04 Å². The first-order chi connectivity index (χ1) is 7.85. The van der Waals surface area contributed by atoms with Gasteiger partial charge in [0.25, 0.3) is 0 Å². The first-order valence-corrected chi connectivity index (χ1v) is 6.21. The van der Waals surface area contributed by atoms with Gasteiger partial charge in [0.2, 0.25) is 0 Å². The highest BCUT2D eigenvalue weighted by atomic mass is 16.5. The second kappa shape index (κ2) is 5.69.